The molecule has 0 radical (unpaired) electrons. The molecule has 7 heteroatoms. The van der Waals surface area contributed by atoms with Gasteiger partial charge in [-0.3, -0.25) is 9.88 Å². The fourth-order valence-electron chi connectivity index (χ4n) is 4.16. The molecule has 0 saturated carbocycles. The lowest BCUT2D eigenvalue weighted by atomic mass is 9.84. The summed E-state index contributed by atoms with van der Waals surface area (Å²) in [4.78, 5) is 21.7. The molecule has 0 amide bonds. The molecule has 1 aliphatic carbocycles. The Morgan fingerprint density at radius 2 is 1.93 bits per heavy atom. The van der Waals surface area contributed by atoms with Gasteiger partial charge in [-0.1, -0.05) is 30.3 Å². The molecule has 2 heterocycles. The summed E-state index contributed by atoms with van der Waals surface area (Å²) in [6, 6.07) is 11.8. The van der Waals surface area contributed by atoms with Gasteiger partial charge in [-0.25, -0.2) is 4.79 Å². The molecular weight excluding hydrogens is 353 g/mol. The Kier molecular flexibility index (Phi) is 5.30. The van der Waals surface area contributed by atoms with Gasteiger partial charge in [0, 0.05) is 32.4 Å². The van der Waals surface area contributed by atoms with Crippen molar-refractivity contribution in [3.8, 4) is 0 Å². The van der Waals surface area contributed by atoms with Gasteiger partial charge in [0.2, 0.25) is 0 Å². The van der Waals surface area contributed by atoms with Gasteiger partial charge in [0.15, 0.2) is 0 Å². The molecule has 0 spiro atoms. The van der Waals surface area contributed by atoms with Crippen LogP contribution >= 0.6 is 0 Å². The number of pyridine rings is 1. The van der Waals surface area contributed by atoms with E-state index in [1.807, 2.05) is 36.4 Å². The van der Waals surface area contributed by atoms with Crippen molar-refractivity contribution in [2.75, 3.05) is 33.3 Å². The van der Waals surface area contributed by atoms with Crippen LogP contribution in [0.3, 0.4) is 0 Å². The van der Waals surface area contributed by atoms with Crippen LogP contribution in [-0.4, -0.2) is 66.0 Å². The summed E-state index contributed by atoms with van der Waals surface area (Å²) < 4.78 is 5.06. The van der Waals surface area contributed by atoms with Gasteiger partial charge in [-0.05, 0) is 35.7 Å². The predicted octanol–water partition coefficient (Wildman–Crippen LogP) is 1.93. The molecule has 1 atom stereocenters. The number of aromatic nitrogens is 1. The minimum Gasteiger partial charge on any atom is -0.465 e. The van der Waals surface area contributed by atoms with Crippen molar-refractivity contribution in [1.29, 1.82) is 0 Å². The van der Waals surface area contributed by atoms with Crippen LogP contribution in [-0.2, 0) is 9.53 Å². The summed E-state index contributed by atoms with van der Waals surface area (Å²) in [5.74, 6) is -0.346. The van der Waals surface area contributed by atoms with E-state index in [2.05, 4.69) is 15.8 Å². The molecular formula is C21H24BN3O3. The van der Waals surface area contributed by atoms with E-state index in [4.69, 9.17) is 9.72 Å². The number of esters is 1. The lowest BCUT2D eigenvalue weighted by molar-refractivity contribution is -0.133. The third-order valence-electron chi connectivity index (χ3n) is 5.62. The number of carbonyl (C=O) groups is 1. The first-order valence-corrected chi connectivity index (χ1v) is 9.60. The van der Waals surface area contributed by atoms with Crippen molar-refractivity contribution < 1.29 is 14.6 Å². The molecule has 2 aliphatic rings. The largest absolute Gasteiger partial charge is 0.465 e. The molecule has 1 aromatic heterocycles. The number of fused-ring (bicyclic) bond motifs is 2. The van der Waals surface area contributed by atoms with Crippen LogP contribution in [0, 0.1) is 0 Å². The highest BCUT2D eigenvalue weighted by molar-refractivity contribution is 6.45. The minimum atomic E-state index is -0.443. The topological polar surface area (TPSA) is 65.9 Å². The van der Waals surface area contributed by atoms with Gasteiger partial charge >= 0.3 is 13.0 Å². The average molecular weight is 377 g/mol. The molecule has 144 valence electrons. The molecule has 0 unspecified atom stereocenters. The Morgan fingerprint density at radius 1 is 1.18 bits per heavy atom. The van der Waals surface area contributed by atoms with E-state index in [1.54, 1.807) is 13.0 Å². The van der Waals surface area contributed by atoms with Crippen molar-refractivity contribution in [3.63, 3.8) is 0 Å². The van der Waals surface area contributed by atoms with Gasteiger partial charge in [0.1, 0.15) is 0 Å². The van der Waals surface area contributed by atoms with E-state index in [1.165, 1.54) is 7.11 Å². The van der Waals surface area contributed by atoms with E-state index in [9.17, 15) is 9.82 Å². The highest BCUT2D eigenvalue weighted by Gasteiger charge is 2.34. The molecule has 2 aromatic rings. The number of hydrogen-bond acceptors (Lipinski definition) is 6. The van der Waals surface area contributed by atoms with Gasteiger partial charge < -0.3 is 14.6 Å². The number of nitrogens with zero attached hydrogens (tertiary/aromatic N) is 3. The smallest absolute Gasteiger partial charge is 0.376 e. The van der Waals surface area contributed by atoms with Crippen LogP contribution in [0.15, 0.2) is 42.6 Å². The Hall–Kier alpha value is -2.48. The van der Waals surface area contributed by atoms with Gasteiger partial charge in [-0.15, -0.1) is 0 Å². The fourth-order valence-corrected chi connectivity index (χ4v) is 4.16. The Bertz CT molecular complexity index is 907. The highest BCUT2D eigenvalue weighted by atomic mass is 16.5. The van der Waals surface area contributed by atoms with Gasteiger partial charge in [-0.2, -0.15) is 0 Å². The predicted molar refractivity (Wildman–Crippen MR) is 109 cm³/mol. The summed E-state index contributed by atoms with van der Waals surface area (Å²) in [5, 5.41) is 9.89. The van der Waals surface area contributed by atoms with E-state index in [-0.39, 0.29) is 12.0 Å². The van der Waals surface area contributed by atoms with Crippen molar-refractivity contribution >= 4 is 24.7 Å². The van der Waals surface area contributed by atoms with Gasteiger partial charge in [0.25, 0.3) is 0 Å². The zero-order chi connectivity index (χ0) is 19.7. The lowest BCUT2D eigenvalue weighted by Crippen LogP contribution is -2.52. The summed E-state index contributed by atoms with van der Waals surface area (Å²) in [5.41, 5.74) is 4.37. The highest BCUT2D eigenvalue weighted by Crippen LogP contribution is 2.39. The quantitative estimate of drug-likeness (QED) is 0.652. The zero-order valence-electron chi connectivity index (χ0n) is 16.2. The third kappa shape index (κ3) is 3.37. The van der Waals surface area contributed by atoms with Crippen molar-refractivity contribution in [2.24, 2.45) is 0 Å². The molecule has 1 N–H and O–H groups in total. The normalized spacial score (nSPS) is 19.8. The fraction of sp³-hybridized carbons (Fsp3) is 0.333. The zero-order valence-corrected chi connectivity index (χ0v) is 16.2. The SMILES string of the molecule is COC(=O)C1=Cc2cccnc2[C@@H](N2CCN(B(C)O)CC2)c2ccccc21. The molecule has 1 fully saturated rings. The average Bonchev–Trinajstić information content (AvgIpc) is 2.88. The van der Waals surface area contributed by atoms with Crippen LogP contribution < -0.4 is 0 Å². The Balaban J connectivity index is 1.82. The van der Waals surface area contributed by atoms with Crippen LogP contribution in [0.2, 0.25) is 6.82 Å². The lowest BCUT2D eigenvalue weighted by Gasteiger charge is -2.40. The van der Waals surface area contributed by atoms with Crippen molar-refractivity contribution in [1.82, 2.24) is 14.7 Å². The first kappa shape index (κ1) is 18.9. The van der Waals surface area contributed by atoms with E-state index in [0.29, 0.717) is 5.57 Å². The molecule has 4 rings (SSSR count). The summed E-state index contributed by atoms with van der Waals surface area (Å²) in [6.45, 7) is 5.01. The molecule has 0 bridgehead atoms. The maximum atomic E-state index is 12.5. The van der Waals surface area contributed by atoms with Crippen LogP contribution in [0.1, 0.15) is 28.4 Å². The second-order valence-electron chi connectivity index (χ2n) is 7.22. The number of ether oxygens (including phenoxy) is 1. The number of carbonyl (C=O) groups excluding carboxylic acids is 1. The standard InChI is InChI=1S/C21H24BN3O3/c1-22(27)25-12-10-24(11-13-25)20-17-8-4-3-7-16(17)18(21(26)28-2)14-15-6-5-9-23-19(15)20/h3-9,14,20,27H,10-13H2,1-2H3/t20-/m0/s1. The van der Waals surface area contributed by atoms with Crippen LogP contribution in [0.4, 0.5) is 0 Å². The molecule has 28 heavy (non-hydrogen) atoms. The molecule has 6 nitrogen and oxygen atoms in total. The number of methoxy groups -OCH3 is 1. The van der Waals surface area contributed by atoms with Crippen molar-refractivity contribution in [2.45, 2.75) is 12.9 Å². The summed E-state index contributed by atoms with van der Waals surface area (Å²) in [7, 11) is 0.967. The van der Waals surface area contributed by atoms with Gasteiger partial charge in [0.05, 0.1) is 24.4 Å². The molecule has 1 aliphatic heterocycles. The summed E-state index contributed by atoms with van der Waals surface area (Å²) >= 11 is 0. The Morgan fingerprint density at radius 3 is 2.64 bits per heavy atom. The van der Waals surface area contributed by atoms with E-state index >= 15 is 0 Å². The maximum Gasteiger partial charge on any atom is 0.376 e. The molecule has 1 saturated heterocycles. The first-order valence-electron chi connectivity index (χ1n) is 9.60. The number of rotatable bonds is 3. The maximum absolute atomic E-state index is 12.5. The van der Waals surface area contributed by atoms with Crippen LogP contribution in [0.25, 0.3) is 11.6 Å². The van der Waals surface area contributed by atoms with Crippen molar-refractivity contribution in [3.05, 3.63) is 65.0 Å². The summed E-state index contributed by atoms with van der Waals surface area (Å²) in [6.07, 6.45) is 3.69. The first-order chi connectivity index (χ1) is 13.6. The number of hydrogen-bond donors (Lipinski definition) is 1. The Labute approximate surface area is 165 Å². The second-order valence-corrected chi connectivity index (χ2v) is 7.22. The van der Waals surface area contributed by atoms with Crippen LogP contribution in [0.5, 0.6) is 0 Å². The third-order valence-corrected chi connectivity index (χ3v) is 5.62. The van der Waals surface area contributed by atoms with E-state index < -0.39 is 7.05 Å². The minimum absolute atomic E-state index is 0.0537. The number of piperazine rings is 1. The van der Waals surface area contributed by atoms with E-state index in [0.717, 1.165) is 48.6 Å². The molecule has 1 aromatic carbocycles. The monoisotopic (exact) mass is 377 g/mol. The number of benzene rings is 1. The second kappa shape index (κ2) is 7.87.